The van der Waals surface area contributed by atoms with E-state index in [1.165, 1.54) is 22.8 Å². The number of aromatic carboxylic acids is 1. The summed E-state index contributed by atoms with van der Waals surface area (Å²) in [7, 11) is 1.56. The van der Waals surface area contributed by atoms with Gasteiger partial charge < -0.3 is 5.11 Å². The Hall–Kier alpha value is -3.41. The average molecular weight is 336 g/mol. The Balaban J connectivity index is 2.08. The van der Waals surface area contributed by atoms with Gasteiger partial charge in [-0.25, -0.2) is 9.59 Å². The summed E-state index contributed by atoms with van der Waals surface area (Å²) < 4.78 is 2.44. The van der Waals surface area contributed by atoms with E-state index in [1.54, 1.807) is 13.1 Å². The fourth-order valence-electron chi connectivity index (χ4n) is 2.67. The van der Waals surface area contributed by atoms with E-state index in [0.717, 1.165) is 10.1 Å². The van der Waals surface area contributed by atoms with E-state index < -0.39 is 17.2 Å². The third kappa shape index (κ3) is 3.14. The summed E-state index contributed by atoms with van der Waals surface area (Å²) in [4.78, 5) is 36.2. The number of fused-ring (bicyclic) bond motifs is 1. The number of carboxylic acids is 1. The molecule has 6 heteroatoms. The van der Waals surface area contributed by atoms with Crippen molar-refractivity contribution in [3.8, 4) is 0 Å². The second-order valence-corrected chi connectivity index (χ2v) is 5.61. The predicted molar refractivity (Wildman–Crippen MR) is 95.9 cm³/mol. The van der Waals surface area contributed by atoms with Gasteiger partial charge in [0.25, 0.3) is 5.56 Å². The minimum absolute atomic E-state index is 0.00891. The molecule has 0 radical (unpaired) electrons. The number of benzene rings is 2. The molecule has 3 aromatic rings. The maximum atomic E-state index is 12.6. The molecule has 0 aliphatic heterocycles. The fourth-order valence-corrected chi connectivity index (χ4v) is 2.67. The van der Waals surface area contributed by atoms with Crippen molar-refractivity contribution in [2.75, 3.05) is 0 Å². The van der Waals surface area contributed by atoms with Crippen LogP contribution in [0.5, 0.6) is 0 Å². The molecule has 0 aliphatic carbocycles. The van der Waals surface area contributed by atoms with Crippen molar-refractivity contribution in [3.63, 3.8) is 0 Å². The minimum Gasteiger partial charge on any atom is -0.478 e. The number of allylic oxidation sites excluding steroid dienone is 1. The first-order valence-electron chi connectivity index (χ1n) is 7.67. The van der Waals surface area contributed by atoms with E-state index in [2.05, 4.69) is 0 Å². The molecule has 0 atom stereocenters. The van der Waals surface area contributed by atoms with Crippen LogP contribution in [-0.4, -0.2) is 20.2 Å². The topological polar surface area (TPSA) is 81.3 Å². The van der Waals surface area contributed by atoms with Gasteiger partial charge in [0.15, 0.2) is 0 Å². The smallest absolute Gasteiger partial charge is 0.335 e. The number of aryl methyl sites for hydroxylation is 1. The quantitative estimate of drug-likeness (QED) is 0.791. The predicted octanol–water partition coefficient (Wildman–Crippen LogP) is 2.11. The van der Waals surface area contributed by atoms with Crippen LogP contribution in [0.3, 0.4) is 0 Å². The van der Waals surface area contributed by atoms with Gasteiger partial charge >= 0.3 is 11.7 Å². The lowest BCUT2D eigenvalue weighted by Crippen LogP contribution is -2.38. The number of nitrogens with zero attached hydrogens (tertiary/aromatic N) is 2. The lowest BCUT2D eigenvalue weighted by atomic mass is 10.1. The van der Waals surface area contributed by atoms with Crippen LogP contribution in [0.1, 0.15) is 15.9 Å². The first kappa shape index (κ1) is 16.4. The normalized spacial score (nSPS) is 11.2. The van der Waals surface area contributed by atoms with E-state index in [4.69, 9.17) is 5.11 Å². The molecular weight excluding hydrogens is 320 g/mol. The molecular formula is C19H16N2O4. The number of rotatable bonds is 4. The van der Waals surface area contributed by atoms with Crippen molar-refractivity contribution in [2.24, 2.45) is 7.05 Å². The van der Waals surface area contributed by atoms with Crippen LogP contribution < -0.4 is 11.2 Å². The van der Waals surface area contributed by atoms with Crippen molar-refractivity contribution in [1.82, 2.24) is 9.13 Å². The second kappa shape index (κ2) is 6.60. The third-order valence-electron chi connectivity index (χ3n) is 4.00. The molecule has 1 N–H and O–H groups in total. The molecule has 1 heterocycles. The van der Waals surface area contributed by atoms with E-state index in [9.17, 15) is 14.4 Å². The van der Waals surface area contributed by atoms with Gasteiger partial charge in [0.1, 0.15) is 0 Å². The van der Waals surface area contributed by atoms with Crippen LogP contribution in [0.4, 0.5) is 0 Å². The zero-order valence-electron chi connectivity index (χ0n) is 13.5. The summed E-state index contributed by atoms with van der Waals surface area (Å²) in [5, 5.41) is 9.31. The van der Waals surface area contributed by atoms with Crippen molar-refractivity contribution in [1.29, 1.82) is 0 Å². The molecule has 0 saturated heterocycles. The Bertz CT molecular complexity index is 1090. The van der Waals surface area contributed by atoms with Gasteiger partial charge in [0.2, 0.25) is 0 Å². The van der Waals surface area contributed by atoms with Gasteiger partial charge in [-0.3, -0.25) is 13.9 Å². The molecule has 0 bridgehead atoms. The van der Waals surface area contributed by atoms with E-state index in [1.807, 2.05) is 36.4 Å². The maximum absolute atomic E-state index is 12.6. The van der Waals surface area contributed by atoms with Crippen LogP contribution in [-0.2, 0) is 13.6 Å². The summed E-state index contributed by atoms with van der Waals surface area (Å²) in [6.07, 6.45) is 3.55. The highest BCUT2D eigenvalue weighted by molar-refractivity contribution is 5.93. The zero-order chi connectivity index (χ0) is 18.0. The van der Waals surface area contributed by atoms with Gasteiger partial charge in [-0.1, -0.05) is 42.5 Å². The molecule has 1 aromatic heterocycles. The first-order chi connectivity index (χ1) is 12.0. The van der Waals surface area contributed by atoms with Crippen LogP contribution in [0.2, 0.25) is 0 Å². The number of aromatic nitrogens is 2. The molecule has 126 valence electrons. The van der Waals surface area contributed by atoms with Gasteiger partial charge in [-0.05, 0) is 23.8 Å². The van der Waals surface area contributed by atoms with Crippen LogP contribution in [0, 0.1) is 0 Å². The Morgan fingerprint density at radius 1 is 1.12 bits per heavy atom. The number of hydrogen-bond acceptors (Lipinski definition) is 3. The van der Waals surface area contributed by atoms with E-state index in [0.29, 0.717) is 5.52 Å². The molecule has 6 nitrogen and oxygen atoms in total. The maximum Gasteiger partial charge on any atom is 0.335 e. The number of hydrogen-bond donors (Lipinski definition) is 1. The molecule has 3 rings (SSSR count). The molecule has 0 fully saturated rings. The number of carbonyl (C=O) groups is 1. The second-order valence-electron chi connectivity index (χ2n) is 5.61. The fraction of sp³-hybridized carbons (Fsp3) is 0.105. The van der Waals surface area contributed by atoms with Gasteiger partial charge in [-0.2, -0.15) is 0 Å². The summed E-state index contributed by atoms with van der Waals surface area (Å²) in [6, 6.07) is 13.7. The highest BCUT2D eigenvalue weighted by Gasteiger charge is 2.12. The van der Waals surface area contributed by atoms with Crippen molar-refractivity contribution in [3.05, 3.63) is 86.6 Å². The number of carboxylic acid groups (broad SMARTS) is 1. The largest absolute Gasteiger partial charge is 0.478 e. The van der Waals surface area contributed by atoms with Gasteiger partial charge in [0, 0.05) is 13.6 Å². The Morgan fingerprint density at radius 2 is 1.84 bits per heavy atom. The summed E-state index contributed by atoms with van der Waals surface area (Å²) in [5.41, 5.74) is 0.427. The van der Waals surface area contributed by atoms with E-state index >= 15 is 0 Å². The standard InChI is InChI=1S/C19H16N2O4/c1-20-16-10-9-14(18(23)24)12-15(16)17(22)21(19(20)25)11-5-8-13-6-3-2-4-7-13/h2-10,12H,11H2,1H3,(H,23,24). The molecule has 0 saturated carbocycles. The molecule has 0 amide bonds. The molecule has 25 heavy (non-hydrogen) atoms. The van der Waals surface area contributed by atoms with Crippen molar-refractivity contribution >= 4 is 22.9 Å². The zero-order valence-corrected chi connectivity index (χ0v) is 13.5. The lowest BCUT2D eigenvalue weighted by Gasteiger charge is -2.09. The van der Waals surface area contributed by atoms with Crippen LogP contribution in [0.15, 0.2) is 64.2 Å². The minimum atomic E-state index is -1.12. The highest BCUT2D eigenvalue weighted by Crippen LogP contribution is 2.11. The van der Waals surface area contributed by atoms with Gasteiger partial charge in [-0.15, -0.1) is 0 Å². The summed E-state index contributed by atoms with van der Waals surface area (Å²) in [5.74, 6) is -1.12. The third-order valence-corrected chi connectivity index (χ3v) is 4.00. The van der Waals surface area contributed by atoms with Crippen molar-refractivity contribution in [2.45, 2.75) is 6.54 Å². The Kier molecular flexibility index (Phi) is 4.35. The lowest BCUT2D eigenvalue weighted by molar-refractivity contribution is 0.0697. The van der Waals surface area contributed by atoms with Crippen LogP contribution in [0.25, 0.3) is 17.0 Å². The summed E-state index contributed by atoms with van der Waals surface area (Å²) in [6.45, 7) is 0.105. The molecule has 0 unspecified atom stereocenters. The van der Waals surface area contributed by atoms with Crippen molar-refractivity contribution < 1.29 is 9.90 Å². The first-order valence-corrected chi connectivity index (χ1v) is 7.67. The highest BCUT2D eigenvalue weighted by atomic mass is 16.4. The van der Waals surface area contributed by atoms with Gasteiger partial charge in [0.05, 0.1) is 16.5 Å². The Morgan fingerprint density at radius 3 is 2.52 bits per heavy atom. The SMILES string of the molecule is Cn1c(=O)n(CC=Cc2ccccc2)c(=O)c2cc(C(=O)O)ccc21. The van der Waals surface area contributed by atoms with E-state index in [-0.39, 0.29) is 17.5 Å². The Labute approximate surface area is 142 Å². The monoisotopic (exact) mass is 336 g/mol. The van der Waals surface area contributed by atoms with Crippen LogP contribution >= 0.6 is 0 Å². The summed E-state index contributed by atoms with van der Waals surface area (Å²) >= 11 is 0. The molecule has 0 aliphatic rings. The molecule has 2 aromatic carbocycles. The molecule has 0 spiro atoms. The average Bonchev–Trinajstić information content (AvgIpc) is 2.63.